The minimum Gasteiger partial charge on any atom is -0.492 e. The molecule has 156 valence electrons. The van der Waals surface area contributed by atoms with E-state index in [9.17, 15) is 10.1 Å². The zero-order valence-electron chi connectivity index (χ0n) is 17.6. The maximum atomic E-state index is 12.6. The zero-order chi connectivity index (χ0) is 22.1. The van der Waals surface area contributed by atoms with Crippen molar-refractivity contribution in [3.63, 3.8) is 0 Å². The number of hydrogen-bond donors (Lipinski definition) is 1. The maximum absolute atomic E-state index is 12.6. The Morgan fingerprint density at radius 3 is 2.48 bits per heavy atom. The third kappa shape index (κ3) is 6.50. The van der Waals surface area contributed by atoms with Gasteiger partial charge in [0, 0.05) is 21.9 Å². The molecule has 0 bridgehead atoms. The molecule has 0 aliphatic heterocycles. The second-order valence-corrected chi connectivity index (χ2v) is 8.15. The molecule has 3 aromatic rings. The second-order valence-electron chi connectivity index (χ2n) is 6.99. The summed E-state index contributed by atoms with van der Waals surface area (Å²) in [6.07, 6.45) is 1.57. The van der Waals surface area contributed by atoms with Gasteiger partial charge in [-0.1, -0.05) is 54.1 Å². The number of nitriles is 1. The fraction of sp³-hybridized carbons (Fsp3) is 0.154. The normalized spacial score (nSPS) is 10.9. The number of benzene rings is 3. The summed E-state index contributed by atoms with van der Waals surface area (Å²) in [5, 5.41) is 12.3. The van der Waals surface area contributed by atoms with Crippen molar-refractivity contribution in [2.45, 2.75) is 18.7 Å². The monoisotopic (exact) mass is 428 g/mol. The minimum atomic E-state index is -0.443. The van der Waals surface area contributed by atoms with Crippen molar-refractivity contribution in [1.82, 2.24) is 0 Å². The molecule has 0 spiro atoms. The zero-order valence-corrected chi connectivity index (χ0v) is 18.4. The van der Waals surface area contributed by atoms with Crippen molar-refractivity contribution in [2.75, 3.05) is 17.7 Å². The van der Waals surface area contributed by atoms with Crippen LogP contribution in [0.25, 0.3) is 6.08 Å². The van der Waals surface area contributed by atoms with Crippen molar-refractivity contribution in [3.8, 4) is 11.8 Å². The van der Waals surface area contributed by atoms with Gasteiger partial charge < -0.3 is 10.1 Å². The molecule has 3 rings (SSSR count). The van der Waals surface area contributed by atoms with E-state index in [0.29, 0.717) is 23.6 Å². The van der Waals surface area contributed by atoms with Crippen LogP contribution in [0.15, 0.2) is 83.3 Å². The Hall–Kier alpha value is -3.49. The van der Waals surface area contributed by atoms with Gasteiger partial charge in [-0.25, -0.2) is 0 Å². The van der Waals surface area contributed by atoms with Crippen molar-refractivity contribution in [3.05, 3.63) is 95.1 Å². The lowest BCUT2D eigenvalue weighted by molar-refractivity contribution is -0.112. The standard InChI is InChI=1S/C26H24N2O2S/c1-19-11-13-23(14-12-19)31-16-15-30-25-10-6-4-8-21(25)17-22(18-27)26(29)28-24-9-5-3-7-20(24)2/h3-14,17H,15-16H2,1-2H3,(H,28,29). The second kappa shape index (κ2) is 11.1. The van der Waals surface area contributed by atoms with Crippen LogP contribution in [0.3, 0.4) is 0 Å². The van der Waals surface area contributed by atoms with Crippen LogP contribution in [0.1, 0.15) is 16.7 Å². The molecule has 0 radical (unpaired) electrons. The first-order valence-electron chi connectivity index (χ1n) is 9.97. The third-order valence-corrected chi connectivity index (χ3v) is 5.58. The number of nitrogens with one attached hydrogen (secondary N) is 1. The molecular weight excluding hydrogens is 404 g/mol. The van der Waals surface area contributed by atoms with Crippen LogP contribution in [0.2, 0.25) is 0 Å². The summed E-state index contributed by atoms with van der Waals surface area (Å²) in [6.45, 7) is 4.49. The van der Waals surface area contributed by atoms with E-state index < -0.39 is 5.91 Å². The first kappa shape index (κ1) is 22.2. The van der Waals surface area contributed by atoms with Crippen molar-refractivity contribution in [1.29, 1.82) is 5.26 Å². The summed E-state index contributed by atoms with van der Waals surface area (Å²) < 4.78 is 5.94. The molecular formula is C26H24N2O2S. The molecule has 0 heterocycles. The Labute approximate surface area is 187 Å². The lowest BCUT2D eigenvalue weighted by Crippen LogP contribution is -2.14. The van der Waals surface area contributed by atoms with Gasteiger partial charge in [-0.3, -0.25) is 4.79 Å². The van der Waals surface area contributed by atoms with Gasteiger partial charge in [-0.05, 0) is 49.8 Å². The lowest BCUT2D eigenvalue weighted by atomic mass is 10.1. The average molecular weight is 429 g/mol. The van der Waals surface area contributed by atoms with Crippen LogP contribution in [-0.4, -0.2) is 18.3 Å². The molecule has 0 atom stereocenters. The van der Waals surface area contributed by atoms with Crippen molar-refractivity contribution < 1.29 is 9.53 Å². The number of carbonyl (C=O) groups is 1. The van der Waals surface area contributed by atoms with Gasteiger partial charge in [-0.2, -0.15) is 5.26 Å². The van der Waals surface area contributed by atoms with E-state index in [1.165, 1.54) is 10.5 Å². The molecule has 0 aliphatic carbocycles. The predicted molar refractivity (Wildman–Crippen MR) is 127 cm³/mol. The van der Waals surface area contributed by atoms with Gasteiger partial charge in [0.05, 0.1) is 6.61 Å². The van der Waals surface area contributed by atoms with Gasteiger partial charge in [0.1, 0.15) is 17.4 Å². The number of thioether (sulfide) groups is 1. The smallest absolute Gasteiger partial charge is 0.266 e. The van der Waals surface area contributed by atoms with Crippen molar-refractivity contribution in [2.24, 2.45) is 0 Å². The number of amides is 1. The van der Waals surface area contributed by atoms with Gasteiger partial charge >= 0.3 is 0 Å². The number of anilines is 1. The van der Waals surface area contributed by atoms with Gasteiger partial charge in [-0.15, -0.1) is 11.8 Å². The fourth-order valence-electron chi connectivity index (χ4n) is 2.88. The first-order chi connectivity index (χ1) is 15.1. The number of hydrogen-bond acceptors (Lipinski definition) is 4. The first-order valence-corrected chi connectivity index (χ1v) is 11.0. The highest BCUT2D eigenvalue weighted by Gasteiger charge is 2.12. The van der Waals surface area contributed by atoms with E-state index in [2.05, 4.69) is 36.5 Å². The molecule has 0 saturated heterocycles. The molecule has 4 nitrogen and oxygen atoms in total. The summed E-state index contributed by atoms with van der Waals surface area (Å²) in [5.74, 6) is 0.991. The minimum absolute atomic E-state index is 0.0216. The summed E-state index contributed by atoms with van der Waals surface area (Å²) in [7, 11) is 0. The van der Waals surface area contributed by atoms with E-state index in [1.807, 2.05) is 61.5 Å². The maximum Gasteiger partial charge on any atom is 0.266 e. The predicted octanol–water partition coefficient (Wildman–Crippen LogP) is 6.02. The van der Waals surface area contributed by atoms with Gasteiger partial charge in [0.25, 0.3) is 5.91 Å². The lowest BCUT2D eigenvalue weighted by Gasteiger charge is -2.10. The summed E-state index contributed by atoms with van der Waals surface area (Å²) in [6, 6.07) is 25.3. The largest absolute Gasteiger partial charge is 0.492 e. The van der Waals surface area contributed by atoms with Gasteiger partial charge in [0.15, 0.2) is 0 Å². The average Bonchev–Trinajstić information content (AvgIpc) is 2.78. The van der Waals surface area contributed by atoms with E-state index in [-0.39, 0.29) is 5.57 Å². The number of rotatable bonds is 8. The van der Waals surface area contributed by atoms with Crippen LogP contribution >= 0.6 is 11.8 Å². The fourth-order valence-corrected chi connectivity index (χ4v) is 3.61. The molecule has 0 unspecified atom stereocenters. The Balaban J connectivity index is 1.65. The number of carbonyl (C=O) groups excluding carboxylic acids is 1. The third-order valence-electron chi connectivity index (χ3n) is 4.61. The summed E-state index contributed by atoms with van der Waals surface area (Å²) in [4.78, 5) is 13.8. The molecule has 0 saturated carbocycles. The van der Waals surface area contributed by atoms with Crippen LogP contribution < -0.4 is 10.1 Å². The Morgan fingerprint density at radius 1 is 1.03 bits per heavy atom. The number of aryl methyl sites for hydroxylation is 2. The summed E-state index contributed by atoms with van der Waals surface area (Å²) in [5.41, 5.74) is 3.57. The van der Waals surface area contributed by atoms with E-state index in [1.54, 1.807) is 17.8 Å². The molecule has 3 aromatic carbocycles. The Kier molecular flexibility index (Phi) is 7.91. The van der Waals surface area contributed by atoms with Crippen LogP contribution in [0.4, 0.5) is 5.69 Å². The SMILES string of the molecule is Cc1ccc(SCCOc2ccccc2C=C(C#N)C(=O)Nc2ccccc2C)cc1. The number of para-hydroxylation sites is 2. The molecule has 0 fully saturated rings. The van der Waals surface area contributed by atoms with Crippen molar-refractivity contribution >= 4 is 29.4 Å². The molecule has 1 N–H and O–H groups in total. The van der Waals surface area contributed by atoms with Gasteiger partial charge in [0.2, 0.25) is 0 Å². The van der Waals surface area contributed by atoms with E-state index in [0.717, 1.165) is 11.3 Å². The number of nitrogens with zero attached hydrogens (tertiary/aromatic N) is 1. The van der Waals surface area contributed by atoms with E-state index >= 15 is 0 Å². The molecule has 0 aromatic heterocycles. The number of ether oxygens (including phenoxy) is 1. The molecule has 31 heavy (non-hydrogen) atoms. The highest BCUT2D eigenvalue weighted by Crippen LogP contribution is 2.23. The highest BCUT2D eigenvalue weighted by molar-refractivity contribution is 7.99. The van der Waals surface area contributed by atoms with Crippen LogP contribution in [0.5, 0.6) is 5.75 Å². The van der Waals surface area contributed by atoms with E-state index in [4.69, 9.17) is 4.74 Å². The molecule has 1 amide bonds. The Morgan fingerprint density at radius 2 is 1.74 bits per heavy atom. The van der Waals surface area contributed by atoms with Crippen LogP contribution in [-0.2, 0) is 4.79 Å². The molecule has 5 heteroatoms. The summed E-state index contributed by atoms with van der Waals surface area (Å²) >= 11 is 1.72. The Bertz CT molecular complexity index is 1110. The molecule has 0 aliphatic rings. The topological polar surface area (TPSA) is 62.1 Å². The van der Waals surface area contributed by atoms with Crippen LogP contribution in [0, 0.1) is 25.2 Å². The quantitative estimate of drug-likeness (QED) is 0.206. The highest BCUT2D eigenvalue weighted by atomic mass is 32.2.